The summed E-state index contributed by atoms with van der Waals surface area (Å²) in [7, 11) is 3.61. The smallest absolute Gasteiger partial charge is 0.306 e. The molecule has 12 nitrogen and oxygen atoms in total. The zero-order valence-corrected chi connectivity index (χ0v) is 31.8. The SMILES string of the molecule is CC[C@H](C)C(NC(=O)C1CCCN1C)C(=O)N(C)[C@H](C[C@@H](OC(C)=O)c1nc(C(=O)N[C@@H](Cc2ccc(F)cc2)C[C@H](C)C(=O)O)cs1)C(C)C. The van der Waals surface area contributed by atoms with E-state index in [2.05, 4.69) is 15.6 Å². The number of carbonyl (C=O) groups is 5. The predicted molar refractivity (Wildman–Crippen MR) is 192 cm³/mol. The molecular weight excluding hydrogens is 678 g/mol. The van der Waals surface area contributed by atoms with Gasteiger partial charge in [0.1, 0.15) is 22.6 Å². The third kappa shape index (κ3) is 11.8. The molecule has 1 aliphatic heterocycles. The highest BCUT2D eigenvalue weighted by Gasteiger charge is 2.37. The van der Waals surface area contributed by atoms with E-state index in [0.29, 0.717) is 11.4 Å². The summed E-state index contributed by atoms with van der Waals surface area (Å²) in [6, 6.07) is 3.77. The molecule has 1 aromatic carbocycles. The Bertz CT molecular complexity index is 1500. The van der Waals surface area contributed by atoms with Gasteiger partial charge in [-0.2, -0.15) is 0 Å². The van der Waals surface area contributed by atoms with E-state index in [1.165, 1.54) is 19.1 Å². The Morgan fingerprint density at radius 2 is 1.76 bits per heavy atom. The van der Waals surface area contributed by atoms with Gasteiger partial charge in [0, 0.05) is 37.9 Å². The number of halogens is 1. The van der Waals surface area contributed by atoms with Gasteiger partial charge >= 0.3 is 11.9 Å². The summed E-state index contributed by atoms with van der Waals surface area (Å²) in [5.41, 5.74) is 0.800. The molecule has 1 fully saturated rings. The van der Waals surface area contributed by atoms with Crippen LogP contribution < -0.4 is 10.6 Å². The standard InChI is InChI=1S/C37H54FN5O7S/c1-9-22(4)32(41-34(46)29-11-10-16-42(29)7)36(47)43(8)30(21(2)3)19-31(50-24(6)44)35-40-28(20-51-35)33(45)39-27(17-23(5)37(48)49)18-25-12-14-26(38)15-13-25/h12-15,20-23,27,29-32H,9-11,16-19H2,1-8H3,(H,39,45)(H,41,46)(H,48,49)/t22-,23-,27+,29?,30+,31+,32?/m0/s1. The molecule has 0 spiro atoms. The first-order valence-corrected chi connectivity index (χ1v) is 18.6. The van der Waals surface area contributed by atoms with Crippen molar-refractivity contribution in [3.05, 3.63) is 51.7 Å². The quantitative estimate of drug-likeness (QED) is 0.183. The van der Waals surface area contributed by atoms with Crippen molar-refractivity contribution in [1.82, 2.24) is 25.4 Å². The number of esters is 1. The lowest BCUT2D eigenvalue weighted by Gasteiger charge is -2.37. The minimum Gasteiger partial charge on any atom is -0.481 e. The number of nitrogens with one attached hydrogen (secondary N) is 2. The Morgan fingerprint density at radius 1 is 1.10 bits per heavy atom. The number of aromatic nitrogens is 1. The average Bonchev–Trinajstić information content (AvgIpc) is 3.75. The normalized spacial score (nSPS) is 18.3. The van der Waals surface area contributed by atoms with Crippen LogP contribution in [0.1, 0.15) is 101 Å². The van der Waals surface area contributed by atoms with Crippen molar-refractivity contribution in [3.63, 3.8) is 0 Å². The van der Waals surface area contributed by atoms with E-state index >= 15 is 0 Å². The molecule has 0 bridgehead atoms. The number of nitrogens with zero attached hydrogens (tertiary/aromatic N) is 3. The van der Waals surface area contributed by atoms with Crippen LogP contribution in [0, 0.1) is 23.6 Å². The van der Waals surface area contributed by atoms with Crippen molar-refractivity contribution < 1.29 is 38.2 Å². The maximum absolute atomic E-state index is 14.1. The van der Waals surface area contributed by atoms with Gasteiger partial charge in [0.25, 0.3) is 5.91 Å². The minimum absolute atomic E-state index is 0.0705. The van der Waals surface area contributed by atoms with E-state index in [4.69, 9.17) is 4.74 Å². The second-order valence-electron chi connectivity index (χ2n) is 14.2. The van der Waals surface area contributed by atoms with Gasteiger partial charge < -0.3 is 25.4 Å². The van der Waals surface area contributed by atoms with Crippen LogP contribution >= 0.6 is 11.3 Å². The molecule has 3 rings (SSSR count). The van der Waals surface area contributed by atoms with Crippen LogP contribution in [-0.2, 0) is 30.3 Å². The molecule has 0 saturated carbocycles. The zero-order chi connectivity index (χ0) is 38.0. The first kappa shape index (κ1) is 41.5. The fourth-order valence-corrected chi connectivity index (χ4v) is 7.32. The van der Waals surface area contributed by atoms with Gasteiger partial charge in [-0.3, -0.25) is 28.9 Å². The van der Waals surface area contributed by atoms with Crippen LogP contribution in [0.25, 0.3) is 0 Å². The van der Waals surface area contributed by atoms with Crippen molar-refractivity contribution in [1.29, 1.82) is 0 Å². The van der Waals surface area contributed by atoms with Crippen LogP contribution in [-0.4, -0.2) is 94.4 Å². The number of rotatable bonds is 18. The highest BCUT2D eigenvalue weighted by molar-refractivity contribution is 7.09. The molecule has 2 heterocycles. The van der Waals surface area contributed by atoms with E-state index in [0.717, 1.165) is 36.3 Å². The third-order valence-corrected chi connectivity index (χ3v) is 10.7. The Balaban J connectivity index is 1.81. The van der Waals surface area contributed by atoms with Gasteiger partial charge in [-0.25, -0.2) is 9.37 Å². The summed E-state index contributed by atoms with van der Waals surface area (Å²) in [4.78, 5) is 72.9. The van der Waals surface area contributed by atoms with Gasteiger partial charge in [0.05, 0.1) is 12.0 Å². The van der Waals surface area contributed by atoms with E-state index in [1.54, 1.807) is 36.4 Å². The number of thiazole rings is 1. The van der Waals surface area contributed by atoms with Crippen molar-refractivity contribution >= 4 is 41.0 Å². The number of carbonyl (C=O) groups excluding carboxylic acids is 4. The van der Waals surface area contributed by atoms with Crippen molar-refractivity contribution in [2.24, 2.45) is 17.8 Å². The number of likely N-dealkylation sites (N-methyl/N-ethyl adjacent to an activating group) is 2. The molecule has 14 heteroatoms. The predicted octanol–water partition coefficient (Wildman–Crippen LogP) is 4.84. The molecule has 282 valence electrons. The Labute approximate surface area is 304 Å². The van der Waals surface area contributed by atoms with Crippen LogP contribution in [0.4, 0.5) is 4.39 Å². The average molecular weight is 732 g/mol. The van der Waals surface area contributed by atoms with Crippen molar-refractivity contribution in [3.8, 4) is 0 Å². The first-order chi connectivity index (χ1) is 24.0. The lowest BCUT2D eigenvalue weighted by molar-refractivity contribution is -0.149. The first-order valence-electron chi connectivity index (χ1n) is 17.7. The van der Waals surface area contributed by atoms with E-state index < -0.39 is 53.8 Å². The van der Waals surface area contributed by atoms with E-state index in [9.17, 15) is 33.5 Å². The molecule has 2 aromatic rings. The summed E-state index contributed by atoms with van der Waals surface area (Å²) in [6.07, 6.45) is 2.08. The van der Waals surface area contributed by atoms with Gasteiger partial charge in [0.15, 0.2) is 6.10 Å². The molecule has 2 unspecified atom stereocenters. The molecule has 0 aliphatic carbocycles. The van der Waals surface area contributed by atoms with E-state index in [1.807, 2.05) is 39.6 Å². The Kier molecular flexibility index (Phi) is 15.5. The van der Waals surface area contributed by atoms with E-state index in [-0.39, 0.29) is 54.6 Å². The number of amides is 3. The number of likely N-dealkylation sites (tertiary alicyclic amines) is 1. The number of carboxylic acid groups (broad SMARTS) is 1. The largest absolute Gasteiger partial charge is 0.481 e. The summed E-state index contributed by atoms with van der Waals surface area (Å²) < 4.78 is 19.2. The van der Waals surface area contributed by atoms with Gasteiger partial charge in [-0.1, -0.05) is 53.2 Å². The summed E-state index contributed by atoms with van der Waals surface area (Å²) >= 11 is 1.14. The lowest BCUT2D eigenvalue weighted by atomic mass is 9.93. The lowest BCUT2D eigenvalue weighted by Crippen LogP contribution is -2.56. The fourth-order valence-electron chi connectivity index (χ4n) is 6.48. The second-order valence-corrected chi connectivity index (χ2v) is 15.0. The molecule has 3 amide bonds. The molecule has 7 atom stereocenters. The second kappa shape index (κ2) is 19.1. The van der Waals surface area contributed by atoms with Crippen LogP contribution in [0.15, 0.2) is 29.6 Å². The molecular formula is C37H54FN5O7S. The van der Waals surface area contributed by atoms with Crippen molar-refractivity contribution in [2.45, 2.75) is 110 Å². The van der Waals surface area contributed by atoms with Gasteiger partial charge in [0.2, 0.25) is 11.8 Å². The van der Waals surface area contributed by atoms with Crippen LogP contribution in [0.2, 0.25) is 0 Å². The number of carboxylic acids is 1. The number of ether oxygens (including phenoxy) is 1. The Hall–Kier alpha value is -3.91. The topological polar surface area (TPSA) is 158 Å². The fraction of sp³-hybridized carbons (Fsp3) is 0.622. The highest BCUT2D eigenvalue weighted by Crippen LogP contribution is 2.31. The van der Waals surface area contributed by atoms with Crippen molar-refractivity contribution in [2.75, 3.05) is 20.6 Å². The minimum atomic E-state index is -1.00. The summed E-state index contributed by atoms with van der Waals surface area (Å²) in [6.45, 7) is 11.5. The van der Waals surface area contributed by atoms with Crippen LogP contribution in [0.5, 0.6) is 0 Å². The highest BCUT2D eigenvalue weighted by atomic mass is 32.1. The monoisotopic (exact) mass is 731 g/mol. The number of benzene rings is 1. The van der Waals surface area contributed by atoms with Gasteiger partial charge in [-0.15, -0.1) is 11.3 Å². The molecule has 1 aliphatic rings. The molecule has 1 aromatic heterocycles. The van der Waals surface area contributed by atoms with Gasteiger partial charge in [-0.05, 0) is 68.8 Å². The molecule has 3 N–H and O–H groups in total. The molecule has 1 saturated heterocycles. The molecule has 51 heavy (non-hydrogen) atoms. The van der Waals surface area contributed by atoms with Crippen LogP contribution in [0.3, 0.4) is 0 Å². The summed E-state index contributed by atoms with van der Waals surface area (Å²) in [5, 5.41) is 17.3. The maximum atomic E-state index is 14.1. The number of hydrogen-bond acceptors (Lipinski definition) is 9. The molecule has 0 radical (unpaired) electrons. The zero-order valence-electron chi connectivity index (χ0n) is 31.0. The number of hydrogen-bond donors (Lipinski definition) is 3. The Morgan fingerprint density at radius 3 is 2.31 bits per heavy atom. The third-order valence-electron chi connectivity index (χ3n) is 9.80. The summed E-state index contributed by atoms with van der Waals surface area (Å²) in [5.74, 6) is -3.83. The maximum Gasteiger partial charge on any atom is 0.306 e. The number of aliphatic carboxylic acids is 1.